The first kappa shape index (κ1) is 19.5. The smallest absolute Gasteiger partial charge is 0.443 e. The van der Waals surface area contributed by atoms with Crippen LogP contribution >= 0.6 is 11.3 Å². The van der Waals surface area contributed by atoms with Gasteiger partial charge in [0.2, 0.25) is 0 Å². The van der Waals surface area contributed by atoms with Crippen molar-refractivity contribution in [3.05, 3.63) is 51.0 Å². The van der Waals surface area contributed by atoms with Crippen LogP contribution in [0.4, 0.5) is 26.7 Å². The number of thiazole rings is 1. The van der Waals surface area contributed by atoms with Crippen LogP contribution in [-0.4, -0.2) is 21.3 Å². The lowest BCUT2D eigenvalue weighted by molar-refractivity contribution is -0.137. The standard InChI is InChI=1S/C16H13F5N2O3S/c17-8-3-1-2-6(10(8)18)7-4-5-9(24)12-13(11(7)23-15(25)26)27-14(22-12)16(19,20)21/h1-3,7,9,11,23-24H,4-5H2,(H,25,26)/t7-,9-,11+/m1/s1. The van der Waals surface area contributed by atoms with Crippen molar-refractivity contribution in [1.29, 1.82) is 0 Å². The highest BCUT2D eigenvalue weighted by Gasteiger charge is 2.42. The van der Waals surface area contributed by atoms with E-state index in [2.05, 4.69) is 10.3 Å². The first-order valence-corrected chi connectivity index (χ1v) is 8.60. The number of hydrogen-bond acceptors (Lipinski definition) is 4. The van der Waals surface area contributed by atoms with Gasteiger partial charge in [-0.3, -0.25) is 0 Å². The number of halogens is 5. The van der Waals surface area contributed by atoms with Gasteiger partial charge in [-0.1, -0.05) is 12.1 Å². The van der Waals surface area contributed by atoms with Gasteiger partial charge in [-0.15, -0.1) is 11.3 Å². The summed E-state index contributed by atoms with van der Waals surface area (Å²) in [6.45, 7) is 0. The topological polar surface area (TPSA) is 82.5 Å². The largest absolute Gasteiger partial charge is 0.465 e. The van der Waals surface area contributed by atoms with Gasteiger partial charge >= 0.3 is 12.3 Å². The molecule has 146 valence electrons. The molecule has 0 fully saturated rings. The fraction of sp³-hybridized carbons (Fsp3) is 0.375. The Morgan fingerprint density at radius 3 is 2.59 bits per heavy atom. The molecule has 0 saturated carbocycles. The number of aliphatic hydroxyl groups is 1. The summed E-state index contributed by atoms with van der Waals surface area (Å²) in [5, 5.41) is 20.2. The van der Waals surface area contributed by atoms with Crippen LogP contribution in [0, 0.1) is 11.6 Å². The molecule has 0 aliphatic heterocycles. The van der Waals surface area contributed by atoms with Gasteiger partial charge in [-0.2, -0.15) is 13.2 Å². The minimum absolute atomic E-state index is 0.0108. The van der Waals surface area contributed by atoms with Crippen molar-refractivity contribution in [3.63, 3.8) is 0 Å². The van der Waals surface area contributed by atoms with E-state index in [-0.39, 0.29) is 40.3 Å². The van der Waals surface area contributed by atoms with Crippen LogP contribution in [-0.2, 0) is 6.18 Å². The Kier molecular flexibility index (Phi) is 5.08. The van der Waals surface area contributed by atoms with E-state index in [9.17, 15) is 31.9 Å². The number of nitrogens with one attached hydrogen (secondary N) is 1. The number of carboxylic acid groups (broad SMARTS) is 1. The summed E-state index contributed by atoms with van der Waals surface area (Å²) in [7, 11) is 0. The van der Waals surface area contributed by atoms with E-state index in [0.717, 1.165) is 6.07 Å². The zero-order valence-corrected chi connectivity index (χ0v) is 14.2. The van der Waals surface area contributed by atoms with Gasteiger partial charge in [0.25, 0.3) is 0 Å². The summed E-state index contributed by atoms with van der Waals surface area (Å²) < 4.78 is 67.1. The van der Waals surface area contributed by atoms with E-state index in [0.29, 0.717) is 0 Å². The summed E-state index contributed by atoms with van der Waals surface area (Å²) in [4.78, 5) is 14.5. The van der Waals surface area contributed by atoms with E-state index in [1.165, 1.54) is 12.1 Å². The van der Waals surface area contributed by atoms with Gasteiger partial charge < -0.3 is 15.5 Å². The second kappa shape index (κ2) is 7.04. The summed E-state index contributed by atoms with van der Waals surface area (Å²) >= 11 is 0.180. The van der Waals surface area contributed by atoms with E-state index >= 15 is 0 Å². The SMILES string of the molecule is O=C(O)N[C@@H]1c2sc(C(F)(F)F)nc2[C@H](O)CC[C@@H]1c1cccc(F)c1F. The van der Waals surface area contributed by atoms with Crippen molar-refractivity contribution < 1.29 is 37.0 Å². The molecule has 2 aromatic rings. The van der Waals surface area contributed by atoms with Crippen LogP contribution in [0.15, 0.2) is 18.2 Å². The Bertz CT molecular complexity index is 870. The second-order valence-corrected chi connectivity index (χ2v) is 7.07. The van der Waals surface area contributed by atoms with Crippen molar-refractivity contribution in [3.8, 4) is 0 Å². The molecular formula is C16H13F5N2O3S. The predicted molar refractivity (Wildman–Crippen MR) is 84.3 cm³/mol. The van der Waals surface area contributed by atoms with Crippen LogP contribution in [0.3, 0.4) is 0 Å². The molecule has 1 aliphatic rings. The molecule has 1 aromatic carbocycles. The Balaban J connectivity index is 2.16. The van der Waals surface area contributed by atoms with E-state index in [1.54, 1.807) is 0 Å². The summed E-state index contributed by atoms with van der Waals surface area (Å²) in [5.41, 5.74) is -0.485. The van der Waals surface area contributed by atoms with Crippen molar-refractivity contribution in [2.24, 2.45) is 0 Å². The first-order valence-electron chi connectivity index (χ1n) is 7.78. The Labute approximate surface area is 153 Å². The molecule has 1 amide bonds. The highest BCUT2D eigenvalue weighted by atomic mass is 32.1. The molecule has 1 aromatic heterocycles. The van der Waals surface area contributed by atoms with Gasteiger partial charge in [0.05, 0.1) is 22.7 Å². The Morgan fingerprint density at radius 2 is 1.96 bits per heavy atom. The van der Waals surface area contributed by atoms with E-state index in [1.807, 2.05) is 0 Å². The molecule has 3 N–H and O–H groups in total. The molecule has 0 radical (unpaired) electrons. The number of rotatable bonds is 2. The molecule has 1 aliphatic carbocycles. The third-order valence-corrected chi connectivity index (χ3v) is 5.53. The normalized spacial score (nSPS) is 22.8. The lowest BCUT2D eigenvalue weighted by Crippen LogP contribution is -2.31. The highest BCUT2D eigenvalue weighted by molar-refractivity contribution is 7.12. The van der Waals surface area contributed by atoms with Crippen molar-refractivity contribution in [1.82, 2.24) is 10.3 Å². The maximum absolute atomic E-state index is 14.3. The number of aromatic nitrogens is 1. The van der Waals surface area contributed by atoms with Gasteiger partial charge in [0.1, 0.15) is 0 Å². The van der Waals surface area contributed by atoms with Crippen molar-refractivity contribution >= 4 is 17.4 Å². The molecule has 27 heavy (non-hydrogen) atoms. The number of carbonyl (C=O) groups is 1. The van der Waals surface area contributed by atoms with Gasteiger partial charge in [0.15, 0.2) is 16.6 Å². The molecule has 0 bridgehead atoms. The van der Waals surface area contributed by atoms with Crippen LogP contribution in [0.2, 0.25) is 0 Å². The number of amides is 1. The fourth-order valence-corrected chi connectivity index (χ4v) is 4.30. The third kappa shape index (κ3) is 3.74. The van der Waals surface area contributed by atoms with E-state index in [4.69, 9.17) is 5.11 Å². The molecule has 11 heteroatoms. The van der Waals surface area contributed by atoms with Crippen molar-refractivity contribution in [2.75, 3.05) is 0 Å². The van der Waals surface area contributed by atoms with Crippen LogP contribution in [0.25, 0.3) is 0 Å². The molecule has 0 unspecified atom stereocenters. The maximum Gasteiger partial charge on any atom is 0.443 e. The molecule has 3 rings (SSSR count). The zero-order valence-electron chi connectivity index (χ0n) is 13.4. The number of benzene rings is 1. The highest BCUT2D eigenvalue weighted by Crippen LogP contribution is 2.48. The molecule has 1 heterocycles. The molecule has 5 nitrogen and oxygen atoms in total. The Hall–Kier alpha value is -2.27. The van der Waals surface area contributed by atoms with Gasteiger partial charge in [-0.05, 0) is 24.5 Å². The minimum Gasteiger partial charge on any atom is -0.465 e. The van der Waals surface area contributed by atoms with Crippen LogP contribution in [0.5, 0.6) is 0 Å². The quantitative estimate of drug-likeness (QED) is 0.509. The number of nitrogens with zero attached hydrogens (tertiary/aromatic N) is 1. The molecular weight excluding hydrogens is 395 g/mol. The van der Waals surface area contributed by atoms with Gasteiger partial charge in [-0.25, -0.2) is 18.6 Å². The van der Waals surface area contributed by atoms with Crippen molar-refractivity contribution in [2.45, 2.75) is 37.1 Å². The predicted octanol–water partition coefficient (Wildman–Crippen LogP) is 4.36. The molecule has 0 spiro atoms. The summed E-state index contributed by atoms with van der Waals surface area (Å²) in [6, 6.07) is 2.02. The monoisotopic (exact) mass is 408 g/mol. The second-order valence-electron chi connectivity index (χ2n) is 6.04. The average molecular weight is 408 g/mol. The number of alkyl halides is 3. The lowest BCUT2D eigenvalue weighted by Gasteiger charge is -2.25. The first-order chi connectivity index (χ1) is 12.6. The zero-order chi connectivity index (χ0) is 19.9. The third-order valence-electron chi connectivity index (χ3n) is 4.34. The van der Waals surface area contributed by atoms with Gasteiger partial charge in [0, 0.05) is 5.92 Å². The summed E-state index contributed by atoms with van der Waals surface area (Å²) in [5.74, 6) is -3.39. The van der Waals surface area contributed by atoms with Crippen LogP contribution < -0.4 is 5.32 Å². The maximum atomic E-state index is 14.3. The van der Waals surface area contributed by atoms with Crippen LogP contribution in [0.1, 0.15) is 52.0 Å². The minimum atomic E-state index is -4.79. The van der Waals surface area contributed by atoms with E-state index < -0.39 is 47.0 Å². The number of fused-ring (bicyclic) bond motifs is 1. The number of hydrogen-bond donors (Lipinski definition) is 3. The fourth-order valence-electron chi connectivity index (χ4n) is 3.19. The molecule has 3 atom stereocenters. The summed E-state index contributed by atoms with van der Waals surface area (Å²) in [6.07, 6.45) is -7.80. The lowest BCUT2D eigenvalue weighted by atomic mass is 9.87. The average Bonchev–Trinajstić information content (AvgIpc) is 2.98. The Morgan fingerprint density at radius 1 is 1.26 bits per heavy atom. The number of aliphatic hydroxyl groups excluding tert-OH is 1. The molecule has 0 saturated heterocycles.